The number of esters is 1. The lowest BCUT2D eigenvalue weighted by molar-refractivity contribution is -0.140. The zero-order chi connectivity index (χ0) is 20.9. The molecule has 2 aromatic heterocycles. The number of rotatable bonds is 7. The summed E-state index contributed by atoms with van der Waals surface area (Å²) in [4.78, 5) is 18.3. The van der Waals surface area contributed by atoms with Crippen molar-refractivity contribution in [1.82, 2.24) is 19.8 Å². The predicted molar refractivity (Wildman–Crippen MR) is 119 cm³/mol. The molecule has 0 radical (unpaired) electrons. The summed E-state index contributed by atoms with van der Waals surface area (Å²) < 4.78 is 6.97. The van der Waals surface area contributed by atoms with Crippen molar-refractivity contribution in [3.05, 3.63) is 84.4 Å². The summed E-state index contributed by atoms with van der Waals surface area (Å²) in [7, 11) is 1.41. The Morgan fingerprint density at radius 2 is 1.93 bits per heavy atom. The van der Waals surface area contributed by atoms with Gasteiger partial charge in [-0.15, -0.1) is 0 Å². The van der Waals surface area contributed by atoms with Crippen LogP contribution in [0.5, 0.6) is 0 Å². The number of aromatic nitrogens is 2. The first-order valence-electron chi connectivity index (χ1n) is 9.96. The molecule has 0 bridgehead atoms. The van der Waals surface area contributed by atoms with E-state index in [0.29, 0.717) is 24.5 Å². The Labute approximate surface area is 181 Å². The SMILES string of the molecule is COC(=O)CCCN1C(=S)NC(c2ccccn2)C1c1cccn1-c1ccccc1. The molecule has 154 valence electrons. The molecule has 0 spiro atoms. The van der Waals surface area contributed by atoms with E-state index in [1.54, 1.807) is 6.20 Å². The second-order valence-electron chi connectivity index (χ2n) is 7.14. The molecule has 30 heavy (non-hydrogen) atoms. The average molecular weight is 421 g/mol. The fourth-order valence-electron chi connectivity index (χ4n) is 3.92. The topological polar surface area (TPSA) is 59.4 Å². The van der Waals surface area contributed by atoms with Crippen molar-refractivity contribution in [3.8, 4) is 5.69 Å². The normalized spacial score (nSPS) is 18.3. The minimum Gasteiger partial charge on any atom is -0.469 e. The first-order valence-corrected chi connectivity index (χ1v) is 10.4. The summed E-state index contributed by atoms with van der Waals surface area (Å²) in [5, 5.41) is 4.12. The quantitative estimate of drug-likeness (QED) is 0.464. The first-order chi connectivity index (χ1) is 14.7. The number of ether oxygens (including phenoxy) is 1. The molecule has 3 heterocycles. The molecule has 1 N–H and O–H groups in total. The molecule has 2 unspecified atom stereocenters. The van der Waals surface area contributed by atoms with Crippen LogP contribution >= 0.6 is 12.2 Å². The van der Waals surface area contributed by atoms with E-state index < -0.39 is 0 Å². The van der Waals surface area contributed by atoms with Crippen LogP contribution in [0.3, 0.4) is 0 Å². The molecule has 7 heteroatoms. The van der Waals surface area contributed by atoms with E-state index in [9.17, 15) is 4.79 Å². The minimum absolute atomic E-state index is 0.0553. The maximum Gasteiger partial charge on any atom is 0.305 e. The third-order valence-corrected chi connectivity index (χ3v) is 5.68. The highest BCUT2D eigenvalue weighted by Gasteiger charge is 2.41. The molecule has 1 aliphatic rings. The van der Waals surface area contributed by atoms with Gasteiger partial charge in [0, 0.05) is 36.7 Å². The van der Waals surface area contributed by atoms with Gasteiger partial charge in [0.25, 0.3) is 0 Å². The predicted octanol–water partition coefficient (Wildman–Crippen LogP) is 3.80. The maximum atomic E-state index is 11.6. The zero-order valence-corrected chi connectivity index (χ0v) is 17.6. The van der Waals surface area contributed by atoms with Gasteiger partial charge in [-0.3, -0.25) is 9.78 Å². The second kappa shape index (κ2) is 9.09. The molecule has 0 amide bonds. The fourth-order valence-corrected chi connectivity index (χ4v) is 4.25. The van der Waals surface area contributed by atoms with E-state index in [-0.39, 0.29) is 18.1 Å². The van der Waals surface area contributed by atoms with Gasteiger partial charge < -0.3 is 19.5 Å². The number of carbonyl (C=O) groups is 1. The number of hydrogen-bond acceptors (Lipinski definition) is 4. The van der Waals surface area contributed by atoms with Gasteiger partial charge in [-0.2, -0.15) is 0 Å². The molecule has 4 rings (SSSR count). The van der Waals surface area contributed by atoms with Gasteiger partial charge in [0.15, 0.2) is 5.11 Å². The third-order valence-electron chi connectivity index (χ3n) is 5.32. The van der Waals surface area contributed by atoms with Gasteiger partial charge in [-0.25, -0.2) is 0 Å². The van der Waals surface area contributed by atoms with Crippen molar-refractivity contribution in [1.29, 1.82) is 0 Å². The smallest absolute Gasteiger partial charge is 0.305 e. The van der Waals surface area contributed by atoms with Gasteiger partial charge in [-0.05, 0) is 55.0 Å². The van der Waals surface area contributed by atoms with E-state index in [4.69, 9.17) is 17.0 Å². The monoisotopic (exact) mass is 420 g/mol. The van der Waals surface area contributed by atoms with Crippen LogP contribution in [0, 0.1) is 0 Å². The highest BCUT2D eigenvalue weighted by Crippen LogP contribution is 2.39. The number of hydrogen-bond donors (Lipinski definition) is 1. The maximum absolute atomic E-state index is 11.6. The summed E-state index contributed by atoms with van der Waals surface area (Å²) in [5.74, 6) is -0.210. The van der Waals surface area contributed by atoms with Crippen molar-refractivity contribution in [2.75, 3.05) is 13.7 Å². The highest BCUT2D eigenvalue weighted by atomic mass is 32.1. The molecule has 0 aliphatic carbocycles. The highest BCUT2D eigenvalue weighted by molar-refractivity contribution is 7.80. The number of para-hydroxylation sites is 1. The van der Waals surface area contributed by atoms with Crippen LogP contribution in [-0.4, -0.2) is 39.2 Å². The molecule has 1 aliphatic heterocycles. The summed E-state index contributed by atoms with van der Waals surface area (Å²) in [6.45, 7) is 0.648. The second-order valence-corrected chi connectivity index (χ2v) is 7.52. The van der Waals surface area contributed by atoms with Crippen molar-refractivity contribution in [2.24, 2.45) is 0 Å². The van der Waals surface area contributed by atoms with Crippen molar-refractivity contribution < 1.29 is 9.53 Å². The van der Waals surface area contributed by atoms with Gasteiger partial charge in [-0.1, -0.05) is 24.3 Å². The number of nitrogens with one attached hydrogen (secondary N) is 1. The molecular weight excluding hydrogens is 396 g/mol. The Balaban J connectivity index is 1.70. The molecule has 3 aromatic rings. The molecular formula is C23H24N4O2S. The average Bonchev–Trinajstić information content (AvgIpc) is 3.39. The molecule has 1 saturated heterocycles. The van der Waals surface area contributed by atoms with Gasteiger partial charge in [0.1, 0.15) is 0 Å². The standard InChI is InChI=1S/C23H24N4O2S/c1-29-20(28)13-8-16-27-22(21(25-23(27)30)18-11-5-6-14-24-18)19-12-7-15-26(19)17-9-3-2-4-10-17/h2-7,9-12,14-15,21-22H,8,13,16H2,1H3,(H,25,30). The Bertz CT molecular complexity index is 1010. The van der Waals surface area contributed by atoms with E-state index in [1.807, 2.05) is 42.5 Å². The molecule has 0 saturated carbocycles. The molecule has 6 nitrogen and oxygen atoms in total. The molecule has 1 aromatic carbocycles. The summed E-state index contributed by atoms with van der Waals surface area (Å²) in [6.07, 6.45) is 4.88. The lowest BCUT2D eigenvalue weighted by atomic mass is 10.0. The van der Waals surface area contributed by atoms with Crippen LogP contribution < -0.4 is 5.32 Å². The number of methoxy groups -OCH3 is 1. The lowest BCUT2D eigenvalue weighted by Crippen LogP contribution is -2.31. The van der Waals surface area contributed by atoms with Crippen LogP contribution in [0.25, 0.3) is 5.69 Å². The van der Waals surface area contributed by atoms with E-state index >= 15 is 0 Å². The van der Waals surface area contributed by atoms with Crippen molar-refractivity contribution in [2.45, 2.75) is 24.9 Å². The van der Waals surface area contributed by atoms with E-state index in [2.05, 4.69) is 44.2 Å². The van der Waals surface area contributed by atoms with Crippen molar-refractivity contribution >= 4 is 23.3 Å². The number of nitrogens with zero attached hydrogens (tertiary/aromatic N) is 3. The number of carbonyl (C=O) groups excluding carboxylic acids is 1. The zero-order valence-electron chi connectivity index (χ0n) is 16.8. The Hall–Kier alpha value is -3.19. The van der Waals surface area contributed by atoms with Crippen LogP contribution in [0.1, 0.15) is 36.3 Å². The Morgan fingerprint density at radius 3 is 2.67 bits per heavy atom. The van der Waals surface area contributed by atoms with Crippen molar-refractivity contribution in [3.63, 3.8) is 0 Å². The van der Waals surface area contributed by atoms with E-state index in [1.165, 1.54) is 7.11 Å². The lowest BCUT2D eigenvalue weighted by Gasteiger charge is -2.29. The summed E-state index contributed by atoms with van der Waals surface area (Å²) >= 11 is 5.70. The Kier molecular flexibility index (Phi) is 6.09. The Morgan fingerprint density at radius 1 is 1.13 bits per heavy atom. The minimum atomic E-state index is -0.210. The molecule has 2 atom stereocenters. The van der Waals surface area contributed by atoms with Gasteiger partial charge in [0.05, 0.1) is 24.9 Å². The third kappa shape index (κ3) is 4.07. The van der Waals surface area contributed by atoms with Crippen LogP contribution in [-0.2, 0) is 9.53 Å². The number of thiocarbonyl (C=S) groups is 1. The van der Waals surface area contributed by atoms with Crippen LogP contribution in [0.2, 0.25) is 0 Å². The van der Waals surface area contributed by atoms with Crippen LogP contribution in [0.15, 0.2) is 73.1 Å². The first kappa shape index (κ1) is 20.1. The van der Waals surface area contributed by atoms with Gasteiger partial charge in [0.2, 0.25) is 0 Å². The summed E-state index contributed by atoms with van der Waals surface area (Å²) in [6, 6.07) is 20.2. The number of pyridine rings is 1. The van der Waals surface area contributed by atoms with Gasteiger partial charge >= 0.3 is 5.97 Å². The fraction of sp³-hybridized carbons (Fsp3) is 0.261. The molecule has 1 fully saturated rings. The largest absolute Gasteiger partial charge is 0.469 e. The van der Waals surface area contributed by atoms with E-state index in [0.717, 1.165) is 17.1 Å². The number of benzene rings is 1. The summed E-state index contributed by atoms with van der Waals surface area (Å²) in [5.41, 5.74) is 3.13. The van der Waals surface area contributed by atoms with Crippen LogP contribution in [0.4, 0.5) is 0 Å².